The number of nitro benzene ring substituents is 1. The molecule has 0 spiro atoms. The Hall–Kier alpha value is -3.17. The molecule has 1 fully saturated rings. The largest absolute Gasteiger partial charge is 0.496 e. The molecule has 1 amide bonds. The quantitative estimate of drug-likeness (QED) is 0.406. The number of hydrogen-bond acceptors (Lipinski definition) is 7. The summed E-state index contributed by atoms with van der Waals surface area (Å²) < 4.78 is 10.9. The number of benzene rings is 2. The topological polar surface area (TPSA) is 111 Å². The van der Waals surface area contributed by atoms with E-state index in [1.165, 1.54) is 19.2 Å². The average Bonchev–Trinajstić information content (AvgIpc) is 3.21. The SMILES string of the molecule is COc1ccc(NC(=O)CCN2CCC(c3nc4cc(Cl)ccc4o3)CC2)c([N+](=O)[O-])c1. The molecule has 168 valence electrons. The lowest BCUT2D eigenvalue weighted by Crippen LogP contribution is -2.35. The van der Waals surface area contributed by atoms with E-state index in [0.29, 0.717) is 17.3 Å². The highest BCUT2D eigenvalue weighted by molar-refractivity contribution is 6.31. The number of fused-ring (bicyclic) bond motifs is 1. The molecule has 1 aromatic heterocycles. The molecule has 1 aliphatic heterocycles. The molecule has 0 aliphatic carbocycles. The molecule has 9 nitrogen and oxygen atoms in total. The summed E-state index contributed by atoms with van der Waals surface area (Å²) in [6, 6.07) is 9.76. The zero-order chi connectivity index (χ0) is 22.7. The van der Waals surface area contributed by atoms with Gasteiger partial charge in [-0.05, 0) is 56.3 Å². The summed E-state index contributed by atoms with van der Waals surface area (Å²) in [5.41, 5.74) is 1.46. The smallest absolute Gasteiger partial charge is 0.296 e. The van der Waals surface area contributed by atoms with Crippen LogP contribution in [0.4, 0.5) is 11.4 Å². The zero-order valence-electron chi connectivity index (χ0n) is 17.5. The lowest BCUT2D eigenvalue weighted by atomic mass is 9.96. The van der Waals surface area contributed by atoms with Crippen LogP contribution in [-0.2, 0) is 4.79 Å². The Kier molecular flexibility index (Phi) is 6.57. The Morgan fingerprint density at radius 1 is 1.31 bits per heavy atom. The van der Waals surface area contributed by atoms with Crippen LogP contribution in [0.2, 0.25) is 5.02 Å². The fraction of sp³-hybridized carbons (Fsp3) is 0.364. The number of hydrogen-bond donors (Lipinski definition) is 1. The van der Waals surface area contributed by atoms with Crippen molar-refractivity contribution in [1.82, 2.24) is 9.88 Å². The van der Waals surface area contributed by atoms with Crippen molar-refractivity contribution in [2.75, 3.05) is 32.1 Å². The van der Waals surface area contributed by atoms with Gasteiger partial charge in [0.25, 0.3) is 5.69 Å². The first-order valence-electron chi connectivity index (χ1n) is 10.3. The summed E-state index contributed by atoms with van der Waals surface area (Å²) >= 11 is 6.02. The van der Waals surface area contributed by atoms with Crippen molar-refractivity contribution in [2.45, 2.75) is 25.2 Å². The standard InChI is InChI=1S/C22H23ClN4O5/c1-31-16-3-4-17(19(13-16)27(29)30)24-21(28)8-11-26-9-6-14(7-10-26)22-25-18-12-15(23)2-5-20(18)32-22/h2-5,12-14H,6-11H2,1H3,(H,24,28). The summed E-state index contributed by atoms with van der Waals surface area (Å²) in [6.07, 6.45) is 2.01. The maximum Gasteiger partial charge on any atom is 0.296 e. The van der Waals surface area contributed by atoms with E-state index < -0.39 is 4.92 Å². The predicted molar refractivity (Wildman–Crippen MR) is 120 cm³/mol. The first-order valence-corrected chi connectivity index (χ1v) is 10.7. The second-order valence-electron chi connectivity index (χ2n) is 7.72. The molecule has 32 heavy (non-hydrogen) atoms. The highest BCUT2D eigenvalue weighted by atomic mass is 35.5. The molecule has 1 aliphatic rings. The van der Waals surface area contributed by atoms with Gasteiger partial charge in [-0.15, -0.1) is 0 Å². The van der Waals surface area contributed by atoms with Gasteiger partial charge in [-0.2, -0.15) is 0 Å². The van der Waals surface area contributed by atoms with Crippen molar-refractivity contribution in [3.05, 3.63) is 57.4 Å². The van der Waals surface area contributed by atoms with E-state index in [1.807, 2.05) is 6.07 Å². The number of carbonyl (C=O) groups is 1. The van der Waals surface area contributed by atoms with Crippen molar-refractivity contribution < 1.29 is 18.9 Å². The number of likely N-dealkylation sites (tertiary alicyclic amines) is 1. The molecular formula is C22H23ClN4O5. The number of aromatic nitrogens is 1. The highest BCUT2D eigenvalue weighted by Crippen LogP contribution is 2.31. The fourth-order valence-electron chi connectivity index (χ4n) is 3.86. The first-order chi connectivity index (χ1) is 15.4. The molecule has 0 atom stereocenters. The third kappa shape index (κ3) is 5.00. The van der Waals surface area contributed by atoms with Crippen molar-refractivity contribution >= 4 is 40.0 Å². The van der Waals surface area contributed by atoms with Gasteiger partial charge in [0.1, 0.15) is 17.0 Å². The van der Waals surface area contributed by atoms with Gasteiger partial charge in [-0.25, -0.2) is 4.98 Å². The Balaban J connectivity index is 1.28. The minimum Gasteiger partial charge on any atom is -0.496 e. The van der Waals surface area contributed by atoms with Gasteiger partial charge in [-0.3, -0.25) is 14.9 Å². The van der Waals surface area contributed by atoms with E-state index in [0.717, 1.165) is 42.9 Å². The third-order valence-corrected chi connectivity index (χ3v) is 5.87. The minimum atomic E-state index is -0.539. The summed E-state index contributed by atoms with van der Waals surface area (Å²) in [4.78, 5) is 29.9. The van der Waals surface area contributed by atoms with Gasteiger partial charge >= 0.3 is 0 Å². The van der Waals surface area contributed by atoms with Gasteiger partial charge < -0.3 is 19.4 Å². The molecule has 0 saturated carbocycles. The number of nitro groups is 1. The van der Waals surface area contributed by atoms with Crippen LogP contribution < -0.4 is 10.1 Å². The molecule has 1 N–H and O–H groups in total. The number of oxazole rings is 1. The van der Waals surface area contributed by atoms with Crippen LogP contribution in [0.25, 0.3) is 11.1 Å². The number of amides is 1. The molecule has 1 saturated heterocycles. The second-order valence-corrected chi connectivity index (χ2v) is 8.15. The molecule has 10 heteroatoms. The van der Waals surface area contributed by atoms with Gasteiger partial charge in [0.15, 0.2) is 11.5 Å². The van der Waals surface area contributed by atoms with Gasteiger partial charge in [0.2, 0.25) is 5.91 Å². The highest BCUT2D eigenvalue weighted by Gasteiger charge is 2.25. The first kappa shape index (κ1) is 22.0. The Morgan fingerprint density at radius 3 is 2.81 bits per heavy atom. The number of piperidine rings is 1. The average molecular weight is 459 g/mol. The number of anilines is 1. The van der Waals surface area contributed by atoms with Gasteiger partial charge in [-0.1, -0.05) is 11.6 Å². The number of methoxy groups -OCH3 is 1. The molecule has 2 aromatic carbocycles. The van der Waals surface area contributed by atoms with E-state index in [1.54, 1.807) is 18.2 Å². The van der Waals surface area contributed by atoms with Crippen LogP contribution in [0.15, 0.2) is 40.8 Å². The number of carbonyl (C=O) groups excluding carboxylic acids is 1. The summed E-state index contributed by atoms with van der Waals surface area (Å²) in [5, 5.41) is 14.5. The number of halogens is 1. The van der Waals surface area contributed by atoms with E-state index in [2.05, 4.69) is 15.2 Å². The maximum atomic E-state index is 12.4. The van der Waals surface area contributed by atoms with Crippen molar-refractivity contribution in [1.29, 1.82) is 0 Å². The lowest BCUT2D eigenvalue weighted by Gasteiger charge is -2.30. The van der Waals surface area contributed by atoms with Crippen LogP contribution in [0.1, 0.15) is 31.1 Å². The van der Waals surface area contributed by atoms with Crippen LogP contribution in [0.5, 0.6) is 5.75 Å². The predicted octanol–water partition coefficient (Wildman–Crippen LogP) is 4.61. The third-order valence-electron chi connectivity index (χ3n) is 5.63. The van der Waals surface area contributed by atoms with E-state index in [9.17, 15) is 14.9 Å². The van der Waals surface area contributed by atoms with Crippen LogP contribution in [0, 0.1) is 10.1 Å². The molecule has 0 bridgehead atoms. The number of nitrogens with one attached hydrogen (secondary N) is 1. The summed E-state index contributed by atoms with van der Waals surface area (Å²) in [6.45, 7) is 2.21. The summed E-state index contributed by atoms with van der Waals surface area (Å²) in [5.74, 6) is 1.05. The zero-order valence-corrected chi connectivity index (χ0v) is 18.3. The molecule has 2 heterocycles. The van der Waals surface area contributed by atoms with E-state index in [-0.39, 0.29) is 29.6 Å². The number of ether oxygens (including phenoxy) is 1. The van der Waals surface area contributed by atoms with E-state index >= 15 is 0 Å². The van der Waals surface area contributed by atoms with Gasteiger partial charge in [0, 0.05) is 23.9 Å². The molecule has 0 radical (unpaired) electrons. The van der Waals surface area contributed by atoms with Crippen molar-refractivity contribution in [3.8, 4) is 5.75 Å². The molecule has 4 rings (SSSR count). The molecule has 3 aromatic rings. The van der Waals surface area contributed by atoms with Crippen molar-refractivity contribution in [3.63, 3.8) is 0 Å². The van der Waals surface area contributed by atoms with Crippen LogP contribution in [-0.4, -0.2) is 47.5 Å². The summed E-state index contributed by atoms with van der Waals surface area (Å²) in [7, 11) is 1.43. The molecular weight excluding hydrogens is 436 g/mol. The van der Waals surface area contributed by atoms with Crippen LogP contribution >= 0.6 is 11.6 Å². The normalized spacial score (nSPS) is 15.1. The lowest BCUT2D eigenvalue weighted by molar-refractivity contribution is -0.384. The Morgan fingerprint density at radius 2 is 2.09 bits per heavy atom. The minimum absolute atomic E-state index is 0.163. The maximum absolute atomic E-state index is 12.4. The number of nitrogens with zero attached hydrogens (tertiary/aromatic N) is 3. The Bertz CT molecular complexity index is 1140. The van der Waals surface area contributed by atoms with E-state index in [4.69, 9.17) is 20.8 Å². The fourth-order valence-corrected chi connectivity index (χ4v) is 4.03. The molecule has 0 unspecified atom stereocenters. The monoisotopic (exact) mass is 458 g/mol. The number of rotatable bonds is 7. The second kappa shape index (κ2) is 9.54. The van der Waals surface area contributed by atoms with Gasteiger partial charge in [0.05, 0.1) is 18.1 Å². The van der Waals surface area contributed by atoms with Crippen LogP contribution in [0.3, 0.4) is 0 Å². The van der Waals surface area contributed by atoms with Crippen molar-refractivity contribution in [2.24, 2.45) is 0 Å². The Labute approximate surface area is 189 Å².